The third-order valence-corrected chi connectivity index (χ3v) is 3.44. The maximum atomic E-state index is 12.3. The summed E-state index contributed by atoms with van der Waals surface area (Å²) in [6, 6.07) is 14.6. The summed E-state index contributed by atoms with van der Waals surface area (Å²) in [5, 5.41) is 12.7. The summed E-state index contributed by atoms with van der Waals surface area (Å²) in [5.74, 6) is 0.0443. The molecule has 1 heterocycles. The molecule has 3 rings (SSSR count). The van der Waals surface area contributed by atoms with Crippen LogP contribution in [0.4, 0.5) is 5.69 Å². The van der Waals surface area contributed by atoms with Crippen molar-refractivity contribution in [3.05, 3.63) is 65.4 Å². The lowest BCUT2D eigenvalue weighted by Gasteiger charge is -2.04. The van der Waals surface area contributed by atoms with Gasteiger partial charge in [-0.15, -0.1) is 0 Å². The van der Waals surface area contributed by atoms with E-state index in [-0.39, 0.29) is 12.5 Å². The Labute approximate surface area is 122 Å². The topological polar surface area (TPSA) is 62.5 Å². The highest BCUT2D eigenvalue weighted by Gasteiger charge is 2.17. The van der Waals surface area contributed by atoms with Crippen molar-refractivity contribution in [2.24, 2.45) is 0 Å². The minimum atomic E-state index is -0.277. The molecule has 3 aromatic rings. The number of furan rings is 1. The number of amides is 1. The number of aryl methyl sites for hydroxylation is 1. The van der Waals surface area contributed by atoms with Crippen molar-refractivity contribution in [3.63, 3.8) is 0 Å². The van der Waals surface area contributed by atoms with E-state index in [2.05, 4.69) is 5.32 Å². The van der Waals surface area contributed by atoms with Crippen molar-refractivity contribution in [2.75, 3.05) is 5.32 Å². The molecule has 0 bridgehead atoms. The predicted molar refractivity (Wildman–Crippen MR) is 81.3 cm³/mol. The van der Waals surface area contributed by atoms with Gasteiger partial charge in [0, 0.05) is 16.6 Å². The molecule has 21 heavy (non-hydrogen) atoms. The molecule has 2 aromatic carbocycles. The summed E-state index contributed by atoms with van der Waals surface area (Å²) in [6.45, 7) is 1.85. The molecule has 4 heteroatoms. The average molecular weight is 281 g/mol. The van der Waals surface area contributed by atoms with Crippen molar-refractivity contribution in [2.45, 2.75) is 13.5 Å². The first-order valence-corrected chi connectivity index (χ1v) is 6.68. The third-order valence-electron chi connectivity index (χ3n) is 3.44. The number of carbonyl (C=O) groups is 1. The third kappa shape index (κ3) is 2.53. The molecule has 0 spiro atoms. The maximum absolute atomic E-state index is 12.3. The lowest BCUT2D eigenvalue weighted by atomic mass is 10.1. The van der Waals surface area contributed by atoms with Crippen LogP contribution in [0, 0.1) is 6.92 Å². The smallest absolute Gasteiger partial charge is 0.291 e. The van der Waals surface area contributed by atoms with Gasteiger partial charge in [0.2, 0.25) is 0 Å². The summed E-state index contributed by atoms with van der Waals surface area (Å²) in [4.78, 5) is 12.3. The van der Waals surface area contributed by atoms with Gasteiger partial charge in [0.05, 0.1) is 6.61 Å². The number of anilines is 1. The Balaban J connectivity index is 1.87. The van der Waals surface area contributed by atoms with Gasteiger partial charge in [-0.05, 0) is 30.7 Å². The van der Waals surface area contributed by atoms with Crippen LogP contribution < -0.4 is 5.32 Å². The van der Waals surface area contributed by atoms with Crippen LogP contribution in [0.3, 0.4) is 0 Å². The molecule has 2 N–H and O–H groups in total. The van der Waals surface area contributed by atoms with Gasteiger partial charge in [0.1, 0.15) is 5.58 Å². The molecule has 0 fully saturated rings. The molecule has 1 aromatic heterocycles. The van der Waals surface area contributed by atoms with Gasteiger partial charge in [0.25, 0.3) is 5.91 Å². The van der Waals surface area contributed by atoms with E-state index in [0.717, 1.165) is 16.5 Å². The van der Waals surface area contributed by atoms with Crippen molar-refractivity contribution >= 4 is 22.6 Å². The van der Waals surface area contributed by atoms with Gasteiger partial charge in [-0.3, -0.25) is 4.79 Å². The fourth-order valence-corrected chi connectivity index (χ4v) is 2.27. The second-order valence-electron chi connectivity index (χ2n) is 4.86. The first-order chi connectivity index (χ1) is 10.2. The van der Waals surface area contributed by atoms with E-state index in [1.165, 1.54) is 0 Å². The Hall–Kier alpha value is -2.59. The van der Waals surface area contributed by atoms with Crippen LogP contribution in [-0.4, -0.2) is 11.0 Å². The van der Waals surface area contributed by atoms with E-state index in [4.69, 9.17) is 9.52 Å². The van der Waals surface area contributed by atoms with Gasteiger partial charge >= 0.3 is 0 Å². The van der Waals surface area contributed by atoms with E-state index in [1.54, 1.807) is 24.3 Å². The van der Waals surface area contributed by atoms with Gasteiger partial charge in [-0.1, -0.05) is 30.3 Å². The van der Waals surface area contributed by atoms with Crippen LogP contribution in [0.2, 0.25) is 0 Å². The fraction of sp³-hybridized carbons (Fsp3) is 0.118. The van der Waals surface area contributed by atoms with Gasteiger partial charge in [-0.2, -0.15) is 0 Å². The number of hydrogen-bond donors (Lipinski definition) is 2. The van der Waals surface area contributed by atoms with E-state index in [0.29, 0.717) is 17.0 Å². The first kappa shape index (κ1) is 13.4. The zero-order valence-corrected chi connectivity index (χ0v) is 11.6. The summed E-state index contributed by atoms with van der Waals surface area (Å²) in [7, 11) is 0. The minimum Gasteiger partial charge on any atom is -0.451 e. The monoisotopic (exact) mass is 281 g/mol. The van der Waals surface area contributed by atoms with Gasteiger partial charge < -0.3 is 14.8 Å². The highest BCUT2D eigenvalue weighted by atomic mass is 16.3. The fourth-order valence-electron chi connectivity index (χ4n) is 2.27. The highest BCUT2D eigenvalue weighted by molar-refractivity contribution is 6.06. The number of rotatable bonds is 3. The molecule has 106 valence electrons. The molecule has 0 atom stereocenters. The van der Waals surface area contributed by atoms with Crippen LogP contribution in [0.5, 0.6) is 0 Å². The molecule has 0 saturated carbocycles. The second-order valence-corrected chi connectivity index (χ2v) is 4.86. The van der Waals surface area contributed by atoms with E-state index in [1.807, 2.05) is 31.2 Å². The summed E-state index contributed by atoms with van der Waals surface area (Å²) < 4.78 is 5.63. The first-order valence-electron chi connectivity index (χ1n) is 6.68. The molecule has 1 amide bonds. The van der Waals surface area contributed by atoms with Crippen LogP contribution in [0.1, 0.15) is 21.7 Å². The molecular formula is C17H15NO3. The minimum absolute atomic E-state index is 0.0170. The normalized spacial score (nSPS) is 10.8. The van der Waals surface area contributed by atoms with Gasteiger partial charge in [0.15, 0.2) is 5.76 Å². The Bertz CT molecular complexity index is 787. The van der Waals surface area contributed by atoms with Crippen LogP contribution >= 0.6 is 0 Å². The Morgan fingerprint density at radius 2 is 1.86 bits per heavy atom. The van der Waals surface area contributed by atoms with E-state index >= 15 is 0 Å². The molecule has 0 radical (unpaired) electrons. The quantitative estimate of drug-likeness (QED) is 0.772. The van der Waals surface area contributed by atoms with Crippen molar-refractivity contribution in [1.29, 1.82) is 0 Å². The number of fused-ring (bicyclic) bond motifs is 1. The number of para-hydroxylation sites is 1. The lowest BCUT2D eigenvalue weighted by molar-refractivity contribution is 0.0998. The Kier molecular flexibility index (Phi) is 3.46. The standard InChI is InChI=1S/C17H15NO3/c1-11-14-4-2-3-5-15(14)21-16(11)17(20)18-13-8-6-12(10-19)7-9-13/h2-9,19H,10H2,1H3,(H,18,20). The predicted octanol–water partition coefficient (Wildman–Crippen LogP) is 3.49. The summed E-state index contributed by atoms with van der Waals surface area (Å²) >= 11 is 0. The molecule has 0 aliphatic rings. The lowest BCUT2D eigenvalue weighted by Crippen LogP contribution is -2.12. The molecule has 0 aliphatic carbocycles. The van der Waals surface area contributed by atoms with Crippen LogP contribution in [0.25, 0.3) is 11.0 Å². The number of benzene rings is 2. The van der Waals surface area contributed by atoms with Gasteiger partial charge in [-0.25, -0.2) is 0 Å². The molecule has 0 aliphatic heterocycles. The molecular weight excluding hydrogens is 266 g/mol. The molecule has 0 unspecified atom stereocenters. The largest absolute Gasteiger partial charge is 0.451 e. The maximum Gasteiger partial charge on any atom is 0.291 e. The number of hydrogen-bond acceptors (Lipinski definition) is 3. The Morgan fingerprint density at radius 3 is 2.52 bits per heavy atom. The van der Waals surface area contributed by atoms with Crippen molar-refractivity contribution in [3.8, 4) is 0 Å². The van der Waals surface area contributed by atoms with E-state index in [9.17, 15) is 4.79 Å². The number of aliphatic hydroxyl groups is 1. The SMILES string of the molecule is Cc1c(C(=O)Nc2ccc(CO)cc2)oc2ccccc12. The molecule has 0 saturated heterocycles. The number of aliphatic hydroxyl groups excluding tert-OH is 1. The highest BCUT2D eigenvalue weighted by Crippen LogP contribution is 2.25. The Morgan fingerprint density at radius 1 is 1.14 bits per heavy atom. The zero-order valence-electron chi connectivity index (χ0n) is 11.6. The second kappa shape index (κ2) is 5.42. The van der Waals surface area contributed by atoms with Crippen molar-refractivity contribution < 1.29 is 14.3 Å². The zero-order chi connectivity index (χ0) is 14.8. The number of nitrogens with one attached hydrogen (secondary N) is 1. The van der Waals surface area contributed by atoms with Crippen LogP contribution in [0.15, 0.2) is 52.9 Å². The molecule has 4 nitrogen and oxygen atoms in total. The summed E-state index contributed by atoms with van der Waals surface area (Å²) in [6.07, 6.45) is 0. The van der Waals surface area contributed by atoms with Crippen LogP contribution in [-0.2, 0) is 6.61 Å². The summed E-state index contributed by atoms with van der Waals surface area (Å²) in [5.41, 5.74) is 3.00. The number of carbonyl (C=O) groups excluding carboxylic acids is 1. The van der Waals surface area contributed by atoms with E-state index < -0.39 is 0 Å². The van der Waals surface area contributed by atoms with Crippen molar-refractivity contribution in [1.82, 2.24) is 0 Å². The average Bonchev–Trinajstić information content (AvgIpc) is 2.86.